The maximum Gasteiger partial charge on any atom is 0.319 e. The molecule has 0 atom stereocenters. The lowest BCUT2D eigenvalue weighted by Gasteiger charge is -2.26. The molecule has 2 N–H and O–H groups in total. The highest BCUT2D eigenvalue weighted by molar-refractivity contribution is 7.89. The SMILES string of the molecule is CCN(C1CCCC1)S(=O)(=O)c1ccc(NC(=O)NCc2ccncc2)cc1. The molecule has 0 radical (unpaired) electrons. The molecule has 0 spiro atoms. The van der Waals surface area contributed by atoms with Crippen LogP contribution < -0.4 is 10.6 Å². The van der Waals surface area contributed by atoms with Crippen LogP contribution in [0, 0.1) is 0 Å². The zero-order valence-corrected chi connectivity index (χ0v) is 16.8. The predicted molar refractivity (Wildman–Crippen MR) is 108 cm³/mol. The van der Waals surface area contributed by atoms with Crippen molar-refractivity contribution < 1.29 is 13.2 Å². The molecule has 0 saturated heterocycles. The Morgan fingerprint density at radius 1 is 1.11 bits per heavy atom. The van der Waals surface area contributed by atoms with Crippen molar-refractivity contribution in [3.05, 3.63) is 54.4 Å². The van der Waals surface area contributed by atoms with Gasteiger partial charge in [0.05, 0.1) is 4.90 Å². The molecule has 8 heteroatoms. The number of aromatic nitrogens is 1. The molecule has 0 aliphatic heterocycles. The van der Waals surface area contributed by atoms with Crippen LogP contribution in [0.15, 0.2) is 53.7 Å². The van der Waals surface area contributed by atoms with Crippen LogP contribution in [0.4, 0.5) is 10.5 Å². The number of sulfonamides is 1. The van der Waals surface area contributed by atoms with Gasteiger partial charge in [-0.15, -0.1) is 0 Å². The van der Waals surface area contributed by atoms with Crippen molar-refractivity contribution >= 4 is 21.7 Å². The first-order chi connectivity index (χ1) is 13.5. The van der Waals surface area contributed by atoms with Gasteiger partial charge in [0.15, 0.2) is 0 Å². The molecule has 28 heavy (non-hydrogen) atoms. The molecule has 150 valence electrons. The Kier molecular flexibility index (Phi) is 6.64. The van der Waals surface area contributed by atoms with Gasteiger partial charge in [0, 0.05) is 37.2 Å². The van der Waals surface area contributed by atoms with E-state index in [4.69, 9.17) is 0 Å². The lowest BCUT2D eigenvalue weighted by atomic mass is 10.2. The fourth-order valence-electron chi connectivity index (χ4n) is 3.52. The normalized spacial score (nSPS) is 14.9. The smallest absolute Gasteiger partial charge is 0.319 e. The van der Waals surface area contributed by atoms with E-state index in [1.54, 1.807) is 41.0 Å². The molecule has 1 aromatic carbocycles. The van der Waals surface area contributed by atoms with Gasteiger partial charge in [0.1, 0.15) is 0 Å². The number of pyridine rings is 1. The summed E-state index contributed by atoms with van der Waals surface area (Å²) in [6.45, 7) is 2.72. The minimum Gasteiger partial charge on any atom is -0.334 e. The van der Waals surface area contributed by atoms with Crippen LogP contribution in [0.25, 0.3) is 0 Å². The van der Waals surface area contributed by atoms with Crippen LogP contribution in [-0.2, 0) is 16.6 Å². The van der Waals surface area contributed by atoms with Crippen molar-refractivity contribution in [2.45, 2.75) is 50.1 Å². The summed E-state index contributed by atoms with van der Waals surface area (Å²) in [5.41, 5.74) is 1.48. The summed E-state index contributed by atoms with van der Waals surface area (Å²) >= 11 is 0. The lowest BCUT2D eigenvalue weighted by Crippen LogP contribution is -2.38. The Hall–Kier alpha value is -2.45. The molecular weight excluding hydrogens is 376 g/mol. The van der Waals surface area contributed by atoms with Crippen molar-refractivity contribution in [1.29, 1.82) is 0 Å². The molecule has 1 saturated carbocycles. The van der Waals surface area contributed by atoms with Crippen molar-refractivity contribution in [3.63, 3.8) is 0 Å². The molecule has 3 rings (SSSR count). The number of benzene rings is 1. The summed E-state index contributed by atoms with van der Waals surface area (Å²) in [4.78, 5) is 16.2. The second kappa shape index (κ2) is 9.16. The van der Waals surface area contributed by atoms with Crippen LogP contribution in [0.5, 0.6) is 0 Å². The van der Waals surface area contributed by atoms with E-state index in [0.717, 1.165) is 31.2 Å². The molecule has 1 heterocycles. The van der Waals surface area contributed by atoms with Crippen molar-refractivity contribution in [3.8, 4) is 0 Å². The van der Waals surface area contributed by atoms with E-state index in [0.29, 0.717) is 18.8 Å². The Morgan fingerprint density at radius 3 is 2.36 bits per heavy atom. The fraction of sp³-hybridized carbons (Fsp3) is 0.400. The van der Waals surface area contributed by atoms with Crippen LogP contribution in [0.3, 0.4) is 0 Å². The molecule has 1 aromatic heterocycles. The van der Waals surface area contributed by atoms with Crippen LogP contribution in [-0.4, -0.2) is 36.3 Å². The maximum absolute atomic E-state index is 13.0. The number of hydrogen-bond donors (Lipinski definition) is 2. The monoisotopic (exact) mass is 402 g/mol. The van der Waals surface area contributed by atoms with Gasteiger partial charge < -0.3 is 10.6 Å². The molecular formula is C20H26N4O3S. The van der Waals surface area contributed by atoms with Gasteiger partial charge in [0.25, 0.3) is 0 Å². The third-order valence-corrected chi connectivity index (χ3v) is 7.01. The van der Waals surface area contributed by atoms with Crippen molar-refractivity contribution in [1.82, 2.24) is 14.6 Å². The predicted octanol–water partition coefficient (Wildman–Crippen LogP) is 3.36. The summed E-state index contributed by atoms with van der Waals surface area (Å²) in [5.74, 6) is 0. The zero-order chi connectivity index (χ0) is 20.0. The molecule has 2 amide bonds. The molecule has 1 aliphatic carbocycles. The molecule has 7 nitrogen and oxygen atoms in total. The minimum atomic E-state index is -3.53. The van der Waals surface area contributed by atoms with Crippen molar-refractivity contribution in [2.75, 3.05) is 11.9 Å². The van der Waals surface area contributed by atoms with Gasteiger partial charge in [-0.1, -0.05) is 19.8 Å². The number of urea groups is 1. The Bertz CT molecular complexity index is 879. The van der Waals surface area contributed by atoms with E-state index >= 15 is 0 Å². The first kappa shape index (κ1) is 20.3. The quantitative estimate of drug-likeness (QED) is 0.743. The number of hydrogen-bond acceptors (Lipinski definition) is 4. The Labute approximate surface area is 166 Å². The lowest BCUT2D eigenvalue weighted by molar-refractivity contribution is 0.251. The molecule has 0 bridgehead atoms. The van der Waals surface area contributed by atoms with Crippen LogP contribution in [0.1, 0.15) is 38.2 Å². The standard InChI is InChI=1S/C20H26N4O3S/c1-2-24(18-5-3-4-6-18)28(26,27)19-9-7-17(8-10-19)23-20(25)22-15-16-11-13-21-14-12-16/h7-14,18H,2-6,15H2,1H3,(H2,22,23,25). The fourth-order valence-corrected chi connectivity index (χ4v) is 5.21. The topological polar surface area (TPSA) is 91.4 Å². The van der Waals surface area contributed by atoms with E-state index < -0.39 is 10.0 Å². The number of nitrogens with zero attached hydrogens (tertiary/aromatic N) is 2. The van der Waals surface area contributed by atoms with E-state index in [9.17, 15) is 13.2 Å². The van der Waals surface area contributed by atoms with Gasteiger partial charge in [0.2, 0.25) is 10.0 Å². The number of anilines is 1. The average molecular weight is 403 g/mol. The number of rotatable bonds is 7. The summed E-state index contributed by atoms with van der Waals surface area (Å²) in [7, 11) is -3.53. The van der Waals surface area contributed by atoms with Crippen LogP contribution >= 0.6 is 0 Å². The largest absolute Gasteiger partial charge is 0.334 e. The summed E-state index contributed by atoms with van der Waals surface area (Å²) < 4.78 is 27.5. The van der Waals surface area contributed by atoms with Gasteiger partial charge in [-0.25, -0.2) is 13.2 Å². The number of amides is 2. The summed E-state index contributed by atoms with van der Waals surface area (Å²) in [6, 6.07) is 9.70. The number of nitrogens with one attached hydrogen (secondary N) is 2. The van der Waals surface area contributed by atoms with Crippen LogP contribution in [0.2, 0.25) is 0 Å². The van der Waals surface area contributed by atoms with E-state index in [2.05, 4.69) is 15.6 Å². The molecule has 1 fully saturated rings. The number of carbonyl (C=O) groups is 1. The second-order valence-corrected chi connectivity index (χ2v) is 8.72. The molecule has 0 unspecified atom stereocenters. The molecule has 2 aromatic rings. The van der Waals surface area contributed by atoms with Gasteiger partial charge in [-0.3, -0.25) is 4.98 Å². The minimum absolute atomic E-state index is 0.0896. The zero-order valence-electron chi connectivity index (χ0n) is 16.0. The van der Waals surface area contributed by atoms with Crippen molar-refractivity contribution in [2.24, 2.45) is 0 Å². The highest BCUT2D eigenvalue weighted by Gasteiger charge is 2.31. The third-order valence-electron chi connectivity index (χ3n) is 4.96. The Balaban J connectivity index is 1.61. The first-order valence-electron chi connectivity index (χ1n) is 9.56. The van der Waals surface area contributed by atoms with E-state index in [1.165, 1.54) is 0 Å². The Morgan fingerprint density at radius 2 is 1.75 bits per heavy atom. The van der Waals surface area contributed by atoms with E-state index in [-0.39, 0.29) is 17.0 Å². The van der Waals surface area contributed by atoms with Gasteiger partial charge in [-0.2, -0.15) is 4.31 Å². The van der Waals surface area contributed by atoms with Gasteiger partial charge >= 0.3 is 6.03 Å². The average Bonchev–Trinajstić information content (AvgIpc) is 3.22. The summed E-state index contributed by atoms with van der Waals surface area (Å²) in [6.07, 6.45) is 7.33. The van der Waals surface area contributed by atoms with E-state index in [1.807, 2.05) is 19.1 Å². The first-order valence-corrected chi connectivity index (χ1v) is 11.0. The molecule has 1 aliphatic rings. The number of carbonyl (C=O) groups excluding carboxylic acids is 1. The highest BCUT2D eigenvalue weighted by atomic mass is 32.2. The second-order valence-electron chi connectivity index (χ2n) is 6.83. The maximum atomic E-state index is 13.0. The summed E-state index contributed by atoms with van der Waals surface area (Å²) in [5, 5.41) is 5.47. The third kappa shape index (κ3) is 4.88. The highest BCUT2D eigenvalue weighted by Crippen LogP contribution is 2.28. The van der Waals surface area contributed by atoms with Gasteiger partial charge in [-0.05, 0) is 54.8 Å².